The largest absolute Gasteiger partial charge is 0.225 e. The molecule has 0 N–H and O–H groups in total. The molecule has 7 heavy (non-hydrogen) atoms. The van der Waals surface area contributed by atoms with Gasteiger partial charge in [-0.05, 0) is 0 Å². The van der Waals surface area contributed by atoms with Crippen LogP contribution < -0.4 is 0 Å². The summed E-state index contributed by atoms with van der Waals surface area (Å²) in [4.78, 5) is 10.7. The van der Waals surface area contributed by atoms with Crippen molar-refractivity contribution in [2.75, 3.05) is 0 Å². The smallest absolute Gasteiger partial charge is 0.119 e. The molecule has 0 saturated carbocycles. The molecule has 2 radical (unpaired) electrons. The van der Waals surface area contributed by atoms with E-state index in [0.29, 0.717) is 0 Å². The molecule has 0 saturated heterocycles. The van der Waals surface area contributed by atoms with Crippen LogP contribution in [0.25, 0.3) is 0 Å². The van der Waals surface area contributed by atoms with Gasteiger partial charge in [-0.3, -0.25) is 0 Å². The molecule has 0 aromatic carbocycles. The Kier molecular flexibility index (Phi) is 2.70. The summed E-state index contributed by atoms with van der Waals surface area (Å²) in [5.41, 5.74) is 0. The van der Waals surface area contributed by atoms with Gasteiger partial charge in [-0.25, -0.2) is 15.0 Å². The molecule has 4 heteroatoms. The van der Waals surface area contributed by atoms with Crippen LogP contribution in [-0.4, -0.2) is 15.0 Å². The fraction of sp³-hybridized carbons (Fsp3) is 0. The molecule has 1 aromatic rings. The van der Waals surface area contributed by atoms with E-state index in [0.717, 1.165) is 0 Å². The van der Waals surface area contributed by atoms with E-state index in [1.54, 1.807) is 0 Å². The Labute approximate surface area is 40.6 Å². The summed E-state index contributed by atoms with van der Waals surface area (Å²) in [7, 11) is 0. The Morgan fingerprint density at radius 3 is 1.14 bits per heavy atom. The van der Waals surface area contributed by atoms with Crippen LogP contribution in [-0.2, 0) is 5.48 Å². The van der Waals surface area contributed by atoms with Gasteiger partial charge in [0, 0.05) is 5.48 Å². The average molecular weight is 97.1 g/mol. The SMILES string of the molecule is [O].c1ncncn1. The zero-order valence-corrected chi connectivity index (χ0v) is 3.48. The highest BCUT2D eigenvalue weighted by Crippen LogP contribution is 1.57. The lowest BCUT2D eigenvalue weighted by Crippen LogP contribution is -1.73. The van der Waals surface area contributed by atoms with Crippen molar-refractivity contribution in [1.82, 2.24) is 15.0 Å². The van der Waals surface area contributed by atoms with Gasteiger partial charge in [-0.1, -0.05) is 0 Å². The van der Waals surface area contributed by atoms with Crippen molar-refractivity contribution in [2.24, 2.45) is 0 Å². The van der Waals surface area contributed by atoms with Gasteiger partial charge in [0.05, 0.1) is 0 Å². The van der Waals surface area contributed by atoms with Gasteiger partial charge in [0.15, 0.2) is 0 Å². The van der Waals surface area contributed by atoms with Gasteiger partial charge in [-0.15, -0.1) is 0 Å². The molecule has 0 aliphatic carbocycles. The molecule has 0 aliphatic rings. The van der Waals surface area contributed by atoms with Crippen molar-refractivity contribution in [1.29, 1.82) is 0 Å². The number of aromatic nitrogens is 3. The number of rotatable bonds is 0. The van der Waals surface area contributed by atoms with E-state index in [1.807, 2.05) is 0 Å². The first kappa shape index (κ1) is 5.97. The molecule has 0 unspecified atom stereocenters. The fourth-order valence-electron chi connectivity index (χ4n) is 0.205. The van der Waals surface area contributed by atoms with Crippen LogP contribution in [0.4, 0.5) is 0 Å². The summed E-state index contributed by atoms with van der Waals surface area (Å²) < 4.78 is 0. The maximum Gasteiger partial charge on any atom is 0.119 e. The summed E-state index contributed by atoms with van der Waals surface area (Å²) >= 11 is 0. The second-order valence-electron chi connectivity index (χ2n) is 0.794. The number of hydrogen-bond donors (Lipinski definition) is 0. The molecular formula is C3H3N3O. The van der Waals surface area contributed by atoms with Crippen LogP contribution >= 0.6 is 0 Å². The summed E-state index contributed by atoms with van der Waals surface area (Å²) in [6, 6.07) is 0. The Bertz CT molecular complexity index is 82.1. The summed E-state index contributed by atoms with van der Waals surface area (Å²) in [5, 5.41) is 0. The van der Waals surface area contributed by atoms with Crippen LogP contribution in [0.1, 0.15) is 0 Å². The van der Waals surface area contributed by atoms with E-state index in [1.165, 1.54) is 19.0 Å². The van der Waals surface area contributed by atoms with Crippen molar-refractivity contribution in [3.8, 4) is 0 Å². The molecule has 1 rings (SSSR count). The van der Waals surface area contributed by atoms with Crippen molar-refractivity contribution < 1.29 is 5.48 Å². The van der Waals surface area contributed by atoms with Gasteiger partial charge in [0.1, 0.15) is 19.0 Å². The molecule has 1 heterocycles. The van der Waals surface area contributed by atoms with E-state index in [9.17, 15) is 0 Å². The van der Waals surface area contributed by atoms with Gasteiger partial charge >= 0.3 is 0 Å². The summed E-state index contributed by atoms with van der Waals surface area (Å²) in [5.74, 6) is 0. The quantitative estimate of drug-likeness (QED) is 0.448. The Morgan fingerprint density at radius 2 is 1.00 bits per heavy atom. The zero-order valence-electron chi connectivity index (χ0n) is 3.48. The minimum absolute atomic E-state index is 0. The van der Waals surface area contributed by atoms with Crippen LogP contribution in [0, 0.1) is 0 Å². The molecule has 0 fully saturated rings. The van der Waals surface area contributed by atoms with Gasteiger partial charge in [-0.2, -0.15) is 0 Å². The van der Waals surface area contributed by atoms with Crippen molar-refractivity contribution >= 4 is 0 Å². The highest BCUT2D eigenvalue weighted by molar-refractivity contribution is 4.51. The molecular weight excluding hydrogens is 94.1 g/mol. The van der Waals surface area contributed by atoms with Gasteiger partial charge in [0.25, 0.3) is 0 Å². The van der Waals surface area contributed by atoms with Crippen LogP contribution in [0.2, 0.25) is 0 Å². The van der Waals surface area contributed by atoms with E-state index >= 15 is 0 Å². The molecule has 0 amide bonds. The minimum Gasteiger partial charge on any atom is -0.225 e. The average Bonchev–Trinajstić information content (AvgIpc) is 1.72. The number of nitrogens with zero attached hydrogens (tertiary/aromatic N) is 3. The summed E-state index contributed by atoms with van der Waals surface area (Å²) in [6.45, 7) is 0. The normalized spacial score (nSPS) is 6.86. The molecule has 1 aromatic heterocycles. The highest BCUT2D eigenvalue weighted by atomic mass is 16.0. The van der Waals surface area contributed by atoms with Gasteiger partial charge < -0.3 is 0 Å². The van der Waals surface area contributed by atoms with Crippen LogP contribution in [0.5, 0.6) is 0 Å². The maximum absolute atomic E-state index is 3.56. The van der Waals surface area contributed by atoms with Crippen LogP contribution in [0.15, 0.2) is 19.0 Å². The van der Waals surface area contributed by atoms with Crippen molar-refractivity contribution in [3.05, 3.63) is 19.0 Å². The van der Waals surface area contributed by atoms with E-state index in [-0.39, 0.29) is 5.48 Å². The second kappa shape index (κ2) is 3.17. The topological polar surface area (TPSA) is 67.2 Å². The minimum atomic E-state index is 0. The standard InChI is InChI=1S/C3H3N3.O/c1-4-2-6-3-5-1;/h1-3H;. The third kappa shape index (κ3) is 1.77. The predicted octanol–water partition coefficient (Wildman–Crippen LogP) is -0.247. The van der Waals surface area contributed by atoms with Crippen molar-refractivity contribution in [3.63, 3.8) is 0 Å². The van der Waals surface area contributed by atoms with E-state index in [4.69, 9.17) is 0 Å². The Balaban J connectivity index is 0.000000360. The summed E-state index contributed by atoms with van der Waals surface area (Å²) in [6.07, 6.45) is 4.31. The lowest BCUT2D eigenvalue weighted by atomic mass is 11.1. The first-order chi connectivity index (χ1) is 3.00. The third-order valence-electron chi connectivity index (χ3n) is 0.400. The molecule has 0 aliphatic heterocycles. The molecule has 0 atom stereocenters. The maximum atomic E-state index is 3.56. The van der Waals surface area contributed by atoms with Gasteiger partial charge in [0.2, 0.25) is 0 Å². The number of hydrogen-bond acceptors (Lipinski definition) is 3. The Morgan fingerprint density at radius 1 is 0.714 bits per heavy atom. The van der Waals surface area contributed by atoms with E-state index < -0.39 is 0 Å². The zero-order chi connectivity index (χ0) is 4.24. The van der Waals surface area contributed by atoms with E-state index in [2.05, 4.69) is 15.0 Å². The monoisotopic (exact) mass is 97.0 g/mol. The highest BCUT2D eigenvalue weighted by Gasteiger charge is 1.59. The lowest BCUT2D eigenvalue weighted by Gasteiger charge is -1.69. The molecule has 36 valence electrons. The second-order valence-corrected chi connectivity index (χ2v) is 0.794. The lowest BCUT2D eigenvalue weighted by molar-refractivity contribution is 0.686. The van der Waals surface area contributed by atoms with Crippen LogP contribution in [0.3, 0.4) is 0 Å². The molecule has 4 nitrogen and oxygen atoms in total. The first-order valence-electron chi connectivity index (χ1n) is 1.55. The molecule has 0 bridgehead atoms. The predicted molar refractivity (Wildman–Crippen MR) is 20.5 cm³/mol. The third-order valence-corrected chi connectivity index (χ3v) is 0.400. The first-order valence-corrected chi connectivity index (χ1v) is 1.55. The van der Waals surface area contributed by atoms with Crippen molar-refractivity contribution in [2.45, 2.75) is 0 Å². The fourth-order valence-corrected chi connectivity index (χ4v) is 0.205. The molecule has 0 spiro atoms. The Hall–Kier alpha value is -1.03.